The first kappa shape index (κ1) is 66.2. The van der Waals surface area contributed by atoms with Gasteiger partial charge >= 0.3 is 0 Å². The Kier molecular flexibility index (Phi) is 47.9. The zero-order valence-corrected chi connectivity index (χ0v) is 45.5. The van der Waals surface area contributed by atoms with E-state index >= 15 is 0 Å². The molecule has 1 saturated heterocycles. The topological polar surface area (TPSA) is 149 Å². The van der Waals surface area contributed by atoms with Crippen LogP contribution in [0.5, 0.6) is 0 Å². The van der Waals surface area contributed by atoms with Gasteiger partial charge in [-0.25, -0.2) is 0 Å². The maximum absolute atomic E-state index is 13.0. The summed E-state index contributed by atoms with van der Waals surface area (Å²) in [4.78, 5) is 13.0. The maximum atomic E-state index is 13.0. The van der Waals surface area contributed by atoms with Crippen molar-refractivity contribution < 1.29 is 39.8 Å². The Labute approximate surface area is 431 Å². The second-order valence-corrected chi connectivity index (χ2v) is 20.8. The van der Waals surface area contributed by atoms with E-state index in [0.717, 1.165) is 64.2 Å². The van der Waals surface area contributed by atoms with Gasteiger partial charge in [0, 0.05) is 6.42 Å². The van der Waals surface area contributed by atoms with Gasteiger partial charge in [0.1, 0.15) is 24.4 Å². The number of aliphatic hydroxyl groups excluding tert-OH is 5. The van der Waals surface area contributed by atoms with Crippen molar-refractivity contribution in [1.82, 2.24) is 5.32 Å². The molecule has 7 atom stereocenters. The summed E-state index contributed by atoms with van der Waals surface area (Å²) in [7, 11) is 0. The number of rotatable bonds is 51. The summed E-state index contributed by atoms with van der Waals surface area (Å²) in [6.07, 6.45) is 60.6. The van der Waals surface area contributed by atoms with Crippen molar-refractivity contribution >= 4 is 5.91 Å². The molecular formula is C61H113NO8. The lowest BCUT2D eigenvalue weighted by Gasteiger charge is -2.40. The van der Waals surface area contributed by atoms with E-state index in [-0.39, 0.29) is 12.5 Å². The van der Waals surface area contributed by atoms with Crippen molar-refractivity contribution in [3.8, 4) is 0 Å². The molecule has 1 heterocycles. The van der Waals surface area contributed by atoms with Gasteiger partial charge in [0.25, 0.3) is 0 Å². The first-order chi connectivity index (χ1) is 34.3. The normalized spacial score (nSPS) is 19.7. The second kappa shape index (κ2) is 50.7. The summed E-state index contributed by atoms with van der Waals surface area (Å²) in [5.41, 5.74) is 0. The van der Waals surface area contributed by atoms with Crippen molar-refractivity contribution in [2.45, 2.75) is 320 Å². The molecule has 0 radical (unpaired) electrons. The second-order valence-electron chi connectivity index (χ2n) is 20.8. The van der Waals surface area contributed by atoms with Gasteiger partial charge in [-0.2, -0.15) is 0 Å². The zero-order chi connectivity index (χ0) is 50.8. The summed E-state index contributed by atoms with van der Waals surface area (Å²) >= 11 is 0. The SMILES string of the molecule is CCCCCCCC/C=C\CCCCCCCC(=O)NC(COC1OC(CO)C(O)C(O)C1O)C(O)/C=C/CC/C=C/CC/C=C/CCCCCCCCCCCCCCCCCCCCCCCC. The third-order valence-corrected chi connectivity index (χ3v) is 14.1. The van der Waals surface area contributed by atoms with Crippen LogP contribution in [0, 0.1) is 0 Å². The van der Waals surface area contributed by atoms with E-state index in [4.69, 9.17) is 9.47 Å². The van der Waals surface area contributed by atoms with Gasteiger partial charge in [-0.1, -0.05) is 249 Å². The van der Waals surface area contributed by atoms with Gasteiger partial charge in [-0.3, -0.25) is 4.79 Å². The minimum Gasteiger partial charge on any atom is -0.394 e. The van der Waals surface area contributed by atoms with Crippen LogP contribution in [0.2, 0.25) is 0 Å². The first-order valence-electron chi connectivity index (χ1n) is 29.9. The fourth-order valence-corrected chi connectivity index (χ4v) is 9.36. The smallest absolute Gasteiger partial charge is 0.220 e. The number of hydrogen-bond donors (Lipinski definition) is 6. The number of aliphatic hydroxyl groups is 5. The lowest BCUT2D eigenvalue weighted by molar-refractivity contribution is -0.302. The Hall–Kier alpha value is -1.85. The molecule has 1 fully saturated rings. The lowest BCUT2D eigenvalue weighted by Crippen LogP contribution is -2.60. The first-order valence-corrected chi connectivity index (χ1v) is 29.9. The van der Waals surface area contributed by atoms with Crippen LogP contribution >= 0.6 is 0 Å². The van der Waals surface area contributed by atoms with Crippen LogP contribution in [0.15, 0.2) is 48.6 Å². The highest BCUT2D eigenvalue weighted by atomic mass is 16.7. The Balaban J connectivity index is 2.20. The Morgan fingerprint density at radius 2 is 0.814 bits per heavy atom. The molecule has 0 aliphatic carbocycles. The zero-order valence-electron chi connectivity index (χ0n) is 45.5. The monoisotopic (exact) mass is 988 g/mol. The van der Waals surface area contributed by atoms with Crippen LogP contribution < -0.4 is 5.32 Å². The number of amides is 1. The van der Waals surface area contributed by atoms with E-state index in [1.165, 1.54) is 193 Å². The fourth-order valence-electron chi connectivity index (χ4n) is 9.36. The number of nitrogens with one attached hydrogen (secondary N) is 1. The molecule has 6 N–H and O–H groups in total. The van der Waals surface area contributed by atoms with Gasteiger partial charge in [-0.15, -0.1) is 0 Å². The molecule has 410 valence electrons. The van der Waals surface area contributed by atoms with Crippen LogP contribution in [0.4, 0.5) is 0 Å². The predicted octanol–water partition coefficient (Wildman–Crippen LogP) is 14.9. The number of hydrogen-bond acceptors (Lipinski definition) is 8. The molecule has 7 unspecified atom stereocenters. The van der Waals surface area contributed by atoms with Crippen LogP contribution in [0.3, 0.4) is 0 Å². The molecule has 0 aromatic rings. The third kappa shape index (κ3) is 39.7. The highest BCUT2D eigenvalue weighted by Gasteiger charge is 2.44. The molecule has 70 heavy (non-hydrogen) atoms. The summed E-state index contributed by atoms with van der Waals surface area (Å²) in [5.74, 6) is -0.199. The molecule has 0 saturated carbocycles. The minimum atomic E-state index is -1.58. The van der Waals surface area contributed by atoms with Crippen molar-refractivity contribution in [3.05, 3.63) is 48.6 Å². The number of unbranched alkanes of at least 4 members (excludes halogenated alkanes) is 35. The van der Waals surface area contributed by atoms with Crippen LogP contribution in [-0.4, -0.2) is 87.5 Å². The number of carbonyl (C=O) groups excluding carboxylic acids is 1. The van der Waals surface area contributed by atoms with Gasteiger partial charge in [0.15, 0.2) is 6.29 Å². The summed E-state index contributed by atoms with van der Waals surface area (Å²) in [5, 5.41) is 54.4. The van der Waals surface area contributed by atoms with Crippen molar-refractivity contribution in [2.75, 3.05) is 13.2 Å². The highest BCUT2D eigenvalue weighted by molar-refractivity contribution is 5.76. The third-order valence-electron chi connectivity index (χ3n) is 14.1. The van der Waals surface area contributed by atoms with Crippen LogP contribution in [0.25, 0.3) is 0 Å². The van der Waals surface area contributed by atoms with E-state index in [2.05, 4.69) is 55.6 Å². The average molecular weight is 989 g/mol. The standard InChI is InChI=1S/C61H113NO8/c1-3-5-7-9-11-13-15-17-19-20-21-22-23-24-25-26-27-28-29-30-31-32-33-34-35-37-38-40-42-44-46-48-50-55(64)54(53-69-61-60(68)59(67)58(66)56(52-63)70-61)62-57(65)51-49-47-45-43-41-39-36-18-16-14-12-10-8-6-4-2/h18,34-36,40,42,48,50,54-56,58-61,63-64,66-68H,3-17,19-33,37-39,41,43-47,49,51-53H2,1-2H3,(H,62,65)/b35-34+,36-18-,42-40+,50-48+. The molecule has 9 heteroatoms. The lowest BCUT2D eigenvalue weighted by atomic mass is 9.99. The van der Waals surface area contributed by atoms with Crippen LogP contribution in [0.1, 0.15) is 277 Å². The predicted molar refractivity (Wildman–Crippen MR) is 295 cm³/mol. The van der Waals surface area contributed by atoms with Crippen molar-refractivity contribution in [2.24, 2.45) is 0 Å². The van der Waals surface area contributed by atoms with Gasteiger partial charge in [0.05, 0.1) is 25.4 Å². The summed E-state index contributed by atoms with van der Waals surface area (Å²) < 4.78 is 11.2. The van der Waals surface area contributed by atoms with E-state index in [1.807, 2.05) is 6.08 Å². The average Bonchev–Trinajstić information content (AvgIpc) is 3.36. The highest BCUT2D eigenvalue weighted by Crippen LogP contribution is 2.23. The van der Waals surface area contributed by atoms with E-state index in [9.17, 15) is 30.3 Å². The fraction of sp³-hybridized carbons (Fsp3) is 0.852. The molecule has 0 spiro atoms. The number of allylic oxidation sites excluding steroid dienone is 7. The maximum Gasteiger partial charge on any atom is 0.220 e. The molecule has 1 amide bonds. The molecule has 0 bridgehead atoms. The Morgan fingerprint density at radius 1 is 0.471 bits per heavy atom. The Bertz CT molecular complexity index is 1240. The molecule has 1 aliphatic rings. The molecule has 0 aromatic carbocycles. The van der Waals surface area contributed by atoms with Gasteiger partial charge < -0.3 is 40.3 Å². The van der Waals surface area contributed by atoms with Gasteiger partial charge in [0.2, 0.25) is 5.91 Å². The number of carbonyl (C=O) groups is 1. The van der Waals surface area contributed by atoms with E-state index < -0.39 is 49.5 Å². The summed E-state index contributed by atoms with van der Waals surface area (Å²) in [6.45, 7) is 3.76. The largest absolute Gasteiger partial charge is 0.394 e. The quantitative estimate of drug-likeness (QED) is 0.0261. The Morgan fingerprint density at radius 3 is 1.20 bits per heavy atom. The van der Waals surface area contributed by atoms with Gasteiger partial charge in [-0.05, 0) is 70.6 Å². The summed E-state index contributed by atoms with van der Waals surface area (Å²) in [6, 6.07) is -0.833. The van der Waals surface area contributed by atoms with Crippen LogP contribution in [-0.2, 0) is 14.3 Å². The van der Waals surface area contributed by atoms with E-state index in [0.29, 0.717) is 6.42 Å². The van der Waals surface area contributed by atoms with Crippen molar-refractivity contribution in [1.29, 1.82) is 0 Å². The van der Waals surface area contributed by atoms with Crippen molar-refractivity contribution in [3.63, 3.8) is 0 Å². The molecule has 1 aliphatic heterocycles. The van der Waals surface area contributed by atoms with E-state index in [1.54, 1.807) is 6.08 Å². The molecule has 1 rings (SSSR count). The molecule has 0 aromatic heterocycles. The minimum absolute atomic E-state index is 0.199. The molecular weight excluding hydrogens is 875 g/mol. The number of ether oxygens (including phenoxy) is 2. The molecule has 9 nitrogen and oxygen atoms in total.